The van der Waals surface area contributed by atoms with Crippen LogP contribution in [-0.2, 0) is 6.54 Å². The molecule has 1 aromatic heterocycles. The van der Waals surface area contributed by atoms with Crippen LogP contribution >= 0.6 is 22.9 Å². The Morgan fingerprint density at radius 1 is 1.38 bits per heavy atom. The zero-order chi connectivity index (χ0) is 11.5. The number of benzene rings is 1. The predicted octanol–water partition coefficient (Wildman–Crippen LogP) is 4.03. The molecule has 84 valence electrons. The minimum atomic E-state index is 0.757. The molecule has 0 aliphatic carbocycles. The molecule has 0 bridgehead atoms. The van der Waals surface area contributed by atoms with Crippen molar-refractivity contribution >= 4 is 28.6 Å². The van der Waals surface area contributed by atoms with Crippen LogP contribution in [-0.4, -0.2) is 4.98 Å². The SMILES string of the molecule is Cc1nc(CNc2ccc(Cl)cc2C)cs1. The van der Waals surface area contributed by atoms with Crippen LogP contribution in [0.15, 0.2) is 23.6 Å². The molecule has 4 heteroatoms. The minimum absolute atomic E-state index is 0.757. The summed E-state index contributed by atoms with van der Waals surface area (Å²) in [4.78, 5) is 4.40. The standard InChI is InChI=1S/C12H13ClN2S/c1-8-5-10(13)3-4-12(8)14-6-11-7-16-9(2)15-11/h3-5,7,14H,6H2,1-2H3. The molecule has 0 unspecified atom stereocenters. The van der Waals surface area contributed by atoms with Gasteiger partial charge in [-0.15, -0.1) is 11.3 Å². The highest BCUT2D eigenvalue weighted by Crippen LogP contribution is 2.20. The number of hydrogen-bond donors (Lipinski definition) is 1. The highest BCUT2D eigenvalue weighted by molar-refractivity contribution is 7.09. The van der Waals surface area contributed by atoms with Crippen molar-refractivity contribution in [3.05, 3.63) is 44.9 Å². The number of aryl methyl sites for hydroxylation is 2. The van der Waals surface area contributed by atoms with Gasteiger partial charge in [0.05, 0.1) is 17.2 Å². The van der Waals surface area contributed by atoms with E-state index in [2.05, 4.69) is 15.7 Å². The molecule has 0 spiro atoms. The van der Waals surface area contributed by atoms with Crippen LogP contribution < -0.4 is 5.32 Å². The van der Waals surface area contributed by atoms with Crippen molar-refractivity contribution in [1.82, 2.24) is 4.98 Å². The summed E-state index contributed by atoms with van der Waals surface area (Å²) in [6.07, 6.45) is 0. The monoisotopic (exact) mass is 252 g/mol. The number of hydrogen-bond acceptors (Lipinski definition) is 3. The summed E-state index contributed by atoms with van der Waals surface area (Å²) in [6, 6.07) is 5.84. The molecule has 0 amide bonds. The molecule has 0 atom stereocenters. The zero-order valence-corrected chi connectivity index (χ0v) is 10.8. The van der Waals surface area contributed by atoms with Crippen molar-refractivity contribution in [3.63, 3.8) is 0 Å². The Bertz CT molecular complexity index is 494. The summed E-state index contributed by atoms with van der Waals surface area (Å²) in [6.45, 7) is 4.81. The lowest BCUT2D eigenvalue weighted by atomic mass is 10.2. The van der Waals surface area contributed by atoms with E-state index in [0.717, 1.165) is 33.5 Å². The topological polar surface area (TPSA) is 24.9 Å². The summed E-state index contributed by atoms with van der Waals surface area (Å²) < 4.78 is 0. The van der Waals surface area contributed by atoms with Gasteiger partial charge in [0, 0.05) is 16.1 Å². The molecular formula is C12H13ClN2S. The number of nitrogens with one attached hydrogen (secondary N) is 1. The maximum Gasteiger partial charge on any atom is 0.0898 e. The van der Waals surface area contributed by atoms with Gasteiger partial charge < -0.3 is 5.32 Å². The summed E-state index contributed by atoms with van der Waals surface area (Å²) in [5.74, 6) is 0. The zero-order valence-electron chi connectivity index (χ0n) is 9.25. The quantitative estimate of drug-likeness (QED) is 0.892. The Labute approximate surface area is 104 Å². The Kier molecular flexibility index (Phi) is 3.46. The minimum Gasteiger partial charge on any atom is -0.379 e. The van der Waals surface area contributed by atoms with Gasteiger partial charge in [-0.25, -0.2) is 4.98 Å². The van der Waals surface area contributed by atoms with Crippen LogP contribution in [0.3, 0.4) is 0 Å². The Hall–Kier alpha value is -1.06. The van der Waals surface area contributed by atoms with Crippen LogP contribution in [0.2, 0.25) is 5.02 Å². The number of anilines is 1. The fraction of sp³-hybridized carbons (Fsp3) is 0.250. The highest BCUT2D eigenvalue weighted by atomic mass is 35.5. The lowest BCUT2D eigenvalue weighted by molar-refractivity contribution is 1.05. The molecule has 2 aromatic rings. The second-order valence-corrected chi connectivity index (χ2v) is 5.17. The first-order valence-corrected chi connectivity index (χ1v) is 6.32. The number of rotatable bonds is 3. The van der Waals surface area contributed by atoms with Gasteiger partial charge >= 0.3 is 0 Å². The maximum absolute atomic E-state index is 5.90. The van der Waals surface area contributed by atoms with Crippen molar-refractivity contribution < 1.29 is 0 Å². The van der Waals surface area contributed by atoms with Crippen LogP contribution in [0.1, 0.15) is 16.3 Å². The molecule has 0 aliphatic rings. The predicted molar refractivity (Wildman–Crippen MR) is 70.4 cm³/mol. The van der Waals surface area contributed by atoms with Gasteiger partial charge in [0.2, 0.25) is 0 Å². The Morgan fingerprint density at radius 2 is 2.19 bits per heavy atom. The van der Waals surface area contributed by atoms with Gasteiger partial charge in [-0.05, 0) is 37.6 Å². The Morgan fingerprint density at radius 3 is 2.81 bits per heavy atom. The highest BCUT2D eigenvalue weighted by Gasteiger charge is 2.01. The molecular weight excluding hydrogens is 240 g/mol. The fourth-order valence-electron chi connectivity index (χ4n) is 1.50. The number of aromatic nitrogens is 1. The third-order valence-corrected chi connectivity index (χ3v) is 3.37. The largest absolute Gasteiger partial charge is 0.379 e. The van der Waals surface area contributed by atoms with Gasteiger partial charge in [-0.2, -0.15) is 0 Å². The fourth-order valence-corrected chi connectivity index (χ4v) is 2.34. The molecule has 1 N–H and O–H groups in total. The molecule has 1 heterocycles. The van der Waals surface area contributed by atoms with Crippen molar-refractivity contribution in [2.75, 3.05) is 5.32 Å². The average Bonchev–Trinajstić information content (AvgIpc) is 2.63. The van der Waals surface area contributed by atoms with Crippen molar-refractivity contribution in [2.24, 2.45) is 0 Å². The van der Waals surface area contributed by atoms with E-state index >= 15 is 0 Å². The van der Waals surface area contributed by atoms with Gasteiger partial charge in [-0.3, -0.25) is 0 Å². The summed E-state index contributed by atoms with van der Waals surface area (Å²) in [5, 5.41) is 7.30. The van der Waals surface area contributed by atoms with E-state index in [1.165, 1.54) is 0 Å². The van der Waals surface area contributed by atoms with E-state index in [0.29, 0.717) is 0 Å². The van der Waals surface area contributed by atoms with E-state index in [4.69, 9.17) is 11.6 Å². The van der Waals surface area contributed by atoms with Gasteiger partial charge in [0.25, 0.3) is 0 Å². The van der Waals surface area contributed by atoms with E-state index < -0.39 is 0 Å². The molecule has 1 aromatic carbocycles. The normalized spacial score (nSPS) is 10.4. The molecule has 0 radical (unpaired) electrons. The van der Waals surface area contributed by atoms with Crippen LogP contribution in [0, 0.1) is 13.8 Å². The van der Waals surface area contributed by atoms with E-state index in [-0.39, 0.29) is 0 Å². The third kappa shape index (κ3) is 2.74. The van der Waals surface area contributed by atoms with Crippen LogP contribution in [0.4, 0.5) is 5.69 Å². The first-order valence-electron chi connectivity index (χ1n) is 5.06. The molecule has 2 nitrogen and oxygen atoms in total. The third-order valence-electron chi connectivity index (χ3n) is 2.31. The van der Waals surface area contributed by atoms with E-state index in [1.807, 2.05) is 32.0 Å². The summed E-state index contributed by atoms with van der Waals surface area (Å²) >= 11 is 7.57. The first-order chi connectivity index (χ1) is 7.65. The second-order valence-electron chi connectivity index (χ2n) is 3.67. The smallest absolute Gasteiger partial charge is 0.0898 e. The average molecular weight is 253 g/mol. The molecule has 0 saturated heterocycles. The van der Waals surface area contributed by atoms with Crippen molar-refractivity contribution in [1.29, 1.82) is 0 Å². The summed E-state index contributed by atoms with van der Waals surface area (Å²) in [7, 11) is 0. The number of thiazole rings is 1. The molecule has 0 fully saturated rings. The first kappa shape index (κ1) is 11.4. The van der Waals surface area contributed by atoms with Gasteiger partial charge in [0.15, 0.2) is 0 Å². The van der Waals surface area contributed by atoms with Crippen LogP contribution in [0.25, 0.3) is 0 Å². The van der Waals surface area contributed by atoms with Gasteiger partial charge in [0.1, 0.15) is 0 Å². The Balaban J connectivity index is 2.04. The molecule has 2 rings (SSSR count). The number of halogens is 1. The van der Waals surface area contributed by atoms with Crippen molar-refractivity contribution in [2.45, 2.75) is 20.4 Å². The van der Waals surface area contributed by atoms with E-state index in [1.54, 1.807) is 11.3 Å². The van der Waals surface area contributed by atoms with E-state index in [9.17, 15) is 0 Å². The lowest BCUT2D eigenvalue weighted by Gasteiger charge is -2.08. The summed E-state index contributed by atoms with van der Waals surface area (Å²) in [5.41, 5.74) is 3.34. The second kappa shape index (κ2) is 4.85. The number of nitrogens with zero attached hydrogens (tertiary/aromatic N) is 1. The molecule has 16 heavy (non-hydrogen) atoms. The van der Waals surface area contributed by atoms with Crippen molar-refractivity contribution in [3.8, 4) is 0 Å². The molecule has 0 saturated carbocycles. The van der Waals surface area contributed by atoms with Gasteiger partial charge in [-0.1, -0.05) is 11.6 Å². The maximum atomic E-state index is 5.90. The van der Waals surface area contributed by atoms with Crippen LogP contribution in [0.5, 0.6) is 0 Å². The molecule has 0 aliphatic heterocycles. The lowest BCUT2D eigenvalue weighted by Crippen LogP contribution is -2.01.